The Morgan fingerprint density at radius 3 is 2.79 bits per heavy atom. The average Bonchev–Trinajstić information content (AvgIpc) is 3.00. The lowest BCUT2D eigenvalue weighted by atomic mass is 10.1. The fraction of sp³-hybridized carbons (Fsp3) is 0.400. The van der Waals surface area contributed by atoms with E-state index in [0.29, 0.717) is 18.8 Å². The van der Waals surface area contributed by atoms with E-state index in [0.717, 1.165) is 0 Å². The van der Waals surface area contributed by atoms with Crippen LogP contribution in [-0.2, 0) is 9.53 Å². The van der Waals surface area contributed by atoms with E-state index in [9.17, 15) is 19.5 Å². The fourth-order valence-corrected chi connectivity index (χ4v) is 2.97. The van der Waals surface area contributed by atoms with Crippen LogP contribution in [0.1, 0.15) is 10.4 Å². The number of aliphatic carboxylic acids is 1. The molecule has 2 heterocycles. The summed E-state index contributed by atoms with van der Waals surface area (Å²) in [6.45, 7) is 1.38. The SMILES string of the molecule is O=C(O)[C@H]1COCCN1C(=O)c1cc(N2CCNC2=O)ccc1Cl. The Kier molecular flexibility index (Phi) is 4.59. The van der Waals surface area contributed by atoms with Crippen LogP contribution in [0.4, 0.5) is 10.5 Å². The van der Waals surface area contributed by atoms with Gasteiger partial charge in [0.2, 0.25) is 0 Å². The van der Waals surface area contributed by atoms with Gasteiger partial charge < -0.3 is 20.1 Å². The maximum absolute atomic E-state index is 12.8. The number of ether oxygens (including phenoxy) is 1. The number of nitrogens with zero attached hydrogens (tertiary/aromatic N) is 2. The number of benzene rings is 1. The van der Waals surface area contributed by atoms with Crippen LogP contribution in [0.15, 0.2) is 18.2 Å². The average molecular weight is 354 g/mol. The number of amides is 3. The standard InChI is InChI=1S/C15H16ClN3O5/c16-11-2-1-9(18-4-3-17-15(18)23)7-10(11)13(20)19-5-6-24-8-12(19)14(21)22/h1-2,7,12H,3-6,8H2,(H,17,23)(H,21,22)/t12-/m1/s1. The first-order valence-electron chi connectivity index (χ1n) is 7.45. The number of rotatable bonds is 3. The Labute approximate surface area is 142 Å². The van der Waals surface area contributed by atoms with Crippen molar-refractivity contribution in [2.45, 2.75) is 6.04 Å². The van der Waals surface area contributed by atoms with Gasteiger partial charge in [-0.15, -0.1) is 0 Å². The zero-order valence-electron chi connectivity index (χ0n) is 12.7. The van der Waals surface area contributed by atoms with Crippen molar-refractivity contribution in [3.8, 4) is 0 Å². The van der Waals surface area contributed by atoms with Crippen LogP contribution in [0.5, 0.6) is 0 Å². The molecule has 1 aromatic carbocycles. The van der Waals surface area contributed by atoms with Crippen LogP contribution < -0.4 is 10.2 Å². The largest absolute Gasteiger partial charge is 0.480 e. The Hall–Kier alpha value is -2.32. The number of anilines is 1. The van der Waals surface area contributed by atoms with E-state index < -0.39 is 17.9 Å². The number of carboxylic acids is 1. The van der Waals surface area contributed by atoms with E-state index in [-0.39, 0.29) is 36.4 Å². The predicted octanol–water partition coefficient (Wildman–Crippen LogP) is 0.795. The van der Waals surface area contributed by atoms with E-state index in [1.165, 1.54) is 21.9 Å². The van der Waals surface area contributed by atoms with Crippen molar-refractivity contribution in [1.29, 1.82) is 0 Å². The van der Waals surface area contributed by atoms with Gasteiger partial charge in [0.25, 0.3) is 5.91 Å². The van der Waals surface area contributed by atoms with Gasteiger partial charge in [-0.2, -0.15) is 0 Å². The van der Waals surface area contributed by atoms with E-state index in [2.05, 4.69) is 5.32 Å². The van der Waals surface area contributed by atoms with Crippen molar-refractivity contribution in [1.82, 2.24) is 10.2 Å². The molecule has 8 nitrogen and oxygen atoms in total. The van der Waals surface area contributed by atoms with Gasteiger partial charge in [0.15, 0.2) is 6.04 Å². The van der Waals surface area contributed by atoms with Gasteiger partial charge in [-0.3, -0.25) is 9.69 Å². The molecule has 24 heavy (non-hydrogen) atoms. The lowest BCUT2D eigenvalue weighted by molar-refractivity contribution is -0.147. The lowest BCUT2D eigenvalue weighted by Crippen LogP contribution is -2.52. The summed E-state index contributed by atoms with van der Waals surface area (Å²) in [4.78, 5) is 38.6. The minimum atomic E-state index is -1.13. The molecule has 1 aromatic rings. The predicted molar refractivity (Wildman–Crippen MR) is 85.5 cm³/mol. The van der Waals surface area contributed by atoms with Gasteiger partial charge in [0.1, 0.15) is 0 Å². The molecule has 0 spiro atoms. The molecule has 128 valence electrons. The molecule has 0 aliphatic carbocycles. The highest BCUT2D eigenvalue weighted by Crippen LogP contribution is 2.26. The minimum Gasteiger partial charge on any atom is -0.480 e. The summed E-state index contributed by atoms with van der Waals surface area (Å²) >= 11 is 6.14. The number of carbonyl (C=O) groups is 3. The van der Waals surface area contributed by atoms with Gasteiger partial charge in [-0.1, -0.05) is 11.6 Å². The van der Waals surface area contributed by atoms with Gasteiger partial charge in [0.05, 0.1) is 23.8 Å². The highest BCUT2D eigenvalue weighted by Gasteiger charge is 2.34. The first-order valence-corrected chi connectivity index (χ1v) is 7.83. The monoisotopic (exact) mass is 353 g/mol. The molecule has 3 rings (SSSR count). The molecular formula is C15H16ClN3O5. The Balaban J connectivity index is 1.91. The maximum Gasteiger partial charge on any atom is 0.328 e. The second-order valence-electron chi connectivity index (χ2n) is 5.48. The molecule has 0 saturated carbocycles. The zero-order valence-corrected chi connectivity index (χ0v) is 13.5. The van der Waals surface area contributed by atoms with Crippen molar-refractivity contribution in [2.75, 3.05) is 37.7 Å². The topological polar surface area (TPSA) is 99.2 Å². The van der Waals surface area contributed by atoms with Gasteiger partial charge >= 0.3 is 12.0 Å². The molecule has 2 N–H and O–H groups in total. The summed E-state index contributed by atoms with van der Waals surface area (Å²) in [5.41, 5.74) is 0.708. The van der Waals surface area contributed by atoms with E-state index in [1.54, 1.807) is 6.07 Å². The summed E-state index contributed by atoms with van der Waals surface area (Å²) in [7, 11) is 0. The molecule has 2 fully saturated rings. The summed E-state index contributed by atoms with van der Waals surface area (Å²) in [6.07, 6.45) is 0. The number of carbonyl (C=O) groups excluding carboxylic acids is 2. The molecule has 1 atom stereocenters. The molecule has 0 bridgehead atoms. The quantitative estimate of drug-likeness (QED) is 0.837. The molecule has 3 amide bonds. The van der Waals surface area contributed by atoms with E-state index in [4.69, 9.17) is 16.3 Å². The Morgan fingerprint density at radius 2 is 2.12 bits per heavy atom. The van der Waals surface area contributed by atoms with Crippen LogP contribution in [0, 0.1) is 0 Å². The number of hydrogen-bond acceptors (Lipinski definition) is 4. The Bertz CT molecular complexity index is 696. The third-order valence-electron chi connectivity index (χ3n) is 4.02. The van der Waals surface area contributed by atoms with Crippen molar-refractivity contribution >= 4 is 35.2 Å². The molecule has 9 heteroatoms. The molecule has 2 saturated heterocycles. The van der Waals surface area contributed by atoms with Crippen molar-refractivity contribution in [3.63, 3.8) is 0 Å². The maximum atomic E-state index is 12.8. The van der Waals surface area contributed by atoms with Crippen LogP contribution in [-0.4, -0.2) is 66.8 Å². The van der Waals surface area contributed by atoms with Crippen LogP contribution in [0.25, 0.3) is 0 Å². The van der Waals surface area contributed by atoms with Gasteiger partial charge in [0, 0.05) is 25.3 Å². The smallest absolute Gasteiger partial charge is 0.328 e. The van der Waals surface area contributed by atoms with Crippen LogP contribution in [0.2, 0.25) is 5.02 Å². The second-order valence-corrected chi connectivity index (χ2v) is 5.88. The summed E-state index contributed by atoms with van der Waals surface area (Å²) in [5.74, 6) is -1.62. The zero-order chi connectivity index (χ0) is 17.3. The number of halogens is 1. The van der Waals surface area contributed by atoms with Gasteiger partial charge in [-0.05, 0) is 18.2 Å². The highest BCUT2D eigenvalue weighted by molar-refractivity contribution is 6.34. The molecule has 0 unspecified atom stereocenters. The number of nitrogens with one attached hydrogen (secondary N) is 1. The fourth-order valence-electron chi connectivity index (χ4n) is 2.77. The number of urea groups is 1. The summed E-state index contributed by atoms with van der Waals surface area (Å²) in [6, 6.07) is 3.40. The Morgan fingerprint density at radius 1 is 1.33 bits per heavy atom. The lowest BCUT2D eigenvalue weighted by Gasteiger charge is -2.33. The summed E-state index contributed by atoms with van der Waals surface area (Å²) < 4.78 is 5.14. The number of morpholine rings is 1. The normalized spacial score (nSPS) is 20.9. The first-order chi connectivity index (χ1) is 11.5. The third-order valence-corrected chi connectivity index (χ3v) is 4.35. The molecular weight excluding hydrogens is 338 g/mol. The van der Waals surface area contributed by atoms with Crippen molar-refractivity contribution < 1.29 is 24.2 Å². The molecule has 0 aromatic heterocycles. The molecule has 0 radical (unpaired) electrons. The van der Waals surface area contributed by atoms with Crippen LogP contribution >= 0.6 is 11.6 Å². The summed E-state index contributed by atoms with van der Waals surface area (Å²) in [5, 5.41) is 12.2. The van der Waals surface area contributed by atoms with Crippen molar-refractivity contribution in [3.05, 3.63) is 28.8 Å². The minimum absolute atomic E-state index is 0.0626. The third kappa shape index (κ3) is 3.02. The highest BCUT2D eigenvalue weighted by atomic mass is 35.5. The van der Waals surface area contributed by atoms with E-state index in [1.807, 2.05) is 0 Å². The number of carboxylic acid groups (broad SMARTS) is 1. The van der Waals surface area contributed by atoms with E-state index >= 15 is 0 Å². The number of hydrogen-bond donors (Lipinski definition) is 2. The van der Waals surface area contributed by atoms with Crippen LogP contribution in [0.3, 0.4) is 0 Å². The van der Waals surface area contributed by atoms with Crippen molar-refractivity contribution in [2.24, 2.45) is 0 Å². The van der Waals surface area contributed by atoms with Gasteiger partial charge in [-0.25, -0.2) is 9.59 Å². The molecule has 2 aliphatic rings. The second kappa shape index (κ2) is 6.66. The first kappa shape index (κ1) is 16.5. The molecule has 2 aliphatic heterocycles.